The fourth-order valence-electron chi connectivity index (χ4n) is 3.42. The van der Waals surface area contributed by atoms with E-state index in [-0.39, 0.29) is 12.5 Å². The number of rotatable bonds is 6. The van der Waals surface area contributed by atoms with Crippen LogP contribution in [0.5, 0.6) is 0 Å². The van der Waals surface area contributed by atoms with Gasteiger partial charge in [0.2, 0.25) is 5.91 Å². The van der Waals surface area contributed by atoms with Crippen LogP contribution in [0.4, 0.5) is 11.5 Å². The van der Waals surface area contributed by atoms with E-state index in [1.54, 1.807) is 27.7 Å². The summed E-state index contributed by atoms with van der Waals surface area (Å²) in [6.07, 6.45) is 7.43. The van der Waals surface area contributed by atoms with E-state index in [1.165, 1.54) is 19.2 Å². The van der Waals surface area contributed by atoms with Gasteiger partial charge in [-0.2, -0.15) is 10.2 Å². The third kappa shape index (κ3) is 3.48. The smallest absolute Gasteiger partial charge is 0.246 e. The van der Waals surface area contributed by atoms with Crippen molar-refractivity contribution < 1.29 is 4.79 Å². The maximum atomic E-state index is 12.6. The van der Waals surface area contributed by atoms with Crippen LogP contribution in [-0.2, 0) is 11.3 Å². The highest BCUT2D eigenvalue weighted by atomic mass is 16.2. The zero-order valence-electron chi connectivity index (χ0n) is 16.3. The largest absolute Gasteiger partial charge is 0.358 e. The molecule has 1 amide bonds. The standard InChI is InChI=1S/C19H21N9O/c1-12-5-14(6-16-21-11-23-28(12)16)24-18(29)10-27-19-15(7-22-27)20-8-17(25-19)26(2)9-13-3-4-13/h5-8,11,13H,3-4,9-10H2,1-2H3,(H,24,29). The third-order valence-electron chi connectivity index (χ3n) is 5.09. The summed E-state index contributed by atoms with van der Waals surface area (Å²) in [6, 6.07) is 3.63. The predicted octanol–water partition coefficient (Wildman–Crippen LogP) is 1.66. The van der Waals surface area contributed by atoms with Crippen LogP contribution in [0.1, 0.15) is 18.5 Å². The van der Waals surface area contributed by atoms with Gasteiger partial charge in [0.05, 0.1) is 12.4 Å². The summed E-state index contributed by atoms with van der Waals surface area (Å²) in [5.74, 6) is 1.34. The minimum absolute atomic E-state index is 0.0465. The van der Waals surface area contributed by atoms with Crippen molar-refractivity contribution in [3.8, 4) is 0 Å². The quantitative estimate of drug-likeness (QED) is 0.533. The molecule has 29 heavy (non-hydrogen) atoms. The number of nitrogens with zero attached hydrogens (tertiary/aromatic N) is 8. The van der Waals surface area contributed by atoms with Crippen molar-refractivity contribution in [1.82, 2.24) is 34.3 Å². The summed E-state index contributed by atoms with van der Waals surface area (Å²) in [7, 11) is 2.02. The summed E-state index contributed by atoms with van der Waals surface area (Å²) in [5, 5.41) is 11.3. The fourth-order valence-corrected chi connectivity index (χ4v) is 3.42. The fraction of sp³-hybridized carbons (Fsp3) is 0.368. The van der Waals surface area contributed by atoms with Crippen LogP contribution in [0.3, 0.4) is 0 Å². The van der Waals surface area contributed by atoms with E-state index in [2.05, 4.69) is 35.4 Å². The van der Waals surface area contributed by atoms with Crippen LogP contribution in [0, 0.1) is 12.8 Å². The summed E-state index contributed by atoms with van der Waals surface area (Å²) in [4.78, 5) is 28.0. The first-order valence-electron chi connectivity index (χ1n) is 9.57. The number of anilines is 2. The molecule has 0 radical (unpaired) electrons. The number of nitrogens with one attached hydrogen (secondary N) is 1. The molecule has 4 aromatic heterocycles. The highest BCUT2D eigenvalue weighted by Gasteiger charge is 2.24. The number of amides is 1. The van der Waals surface area contributed by atoms with Gasteiger partial charge in [0, 0.05) is 31.0 Å². The first kappa shape index (κ1) is 17.5. The molecular formula is C19H21N9O. The molecule has 0 saturated heterocycles. The highest BCUT2D eigenvalue weighted by Crippen LogP contribution is 2.30. The maximum absolute atomic E-state index is 12.6. The molecular weight excluding hydrogens is 370 g/mol. The molecule has 1 aliphatic carbocycles. The molecule has 1 aliphatic rings. The Morgan fingerprint density at radius 1 is 1.24 bits per heavy atom. The van der Waals surface area contributed by atoms with Crippen LogP contribution in [-0.4, -0.2) is 53.8 Å². The van der Waals surface area contributed by atoms with Crippen LogP contribution in [0.25, 0.3) is 16.8 Å². The zero-order chi connectivity index (χ0) is 20.0. The topological polar surface area (TPSA) is 106 Å². The number of hydrogen-bond acceptors (Lipinski definition) is 7. The minimum Gasteiger partial charge on any atom is -0.358 e. The second-order valence-electron chi connectivity index (χ2n) is 7.53. The molecule has 1 N–H and O–H groups in total. The van der Waals surface area contributed by atoms with Gasteiger partial charge in [-0.1, -0.05) is 0 Å². The molecule has 4 heterocycles. The second-order valence-corrected chi connectivity index (χ2v) is 7.53. The lowest BCUT2D eigenvalue weighted by molar-refractivity contribution is -0.116. The Morgan fingerprint density at radius 3 is 2.93 bits per heavy atom. The average molecular weight is 391 g/mol. The van der Waals surface area contributed by atoms with E-state index in [1.807, 2.05) is 20.0 Å². The summed E-state index contributed by atoms with van der Waals surface area (Å²) >= 11 is 0. The average Bonchev–Trinajstić information content (AvgIpc) is 3.22. The van der Waals surface area contributed by atoms with Crippen molar-refractivity contribution >= 4 is 34.2 Å². The molecule has 0 unspecified atom stereocenters. The number of pyridine rings is 1. The van der Waals surface area contributed by atoms with Gasteiger partial charge in [0.25, 0.3) is 0 Å². The van der Waals surface area contributed by atoms with Crippen LogP contribution < -0.4 is 10.2 Å². The van der Waals surface area contributed by atoms with E-state index < -0.39 is 0 Å². The number of hydrogen-bond donors (Lipinski definition) is 1. The number of aromatic nitrogens is 7. The van der Waals surface area contributed by atoms with E-state index in [4.69, 9.17) is 0 Å². The Bertz CT molecular complexity index is 1210. The van der Waals surface area contributed by atoms with Crippen molar-refractivity contribution in [2.45, 2.75) is 26.3 Å². The van der Waals surface area contributed by atoms with Gasteiger partial charge in [0.15, 0.2) is 11.3 Å². The van der Waals surface area contributed by atoms with Crippen molar-refractivity contribution in [1.29, 1.82) is 0 Å². The van der Waals surface area contributed by atoms with Gasteiger partial charge < -0.3 is 10.2 Å². The number of carbonyl (C=O) groups is 1. The molecule has 0 aliphatic heterocycles. The lowest BCUT2D eigenvalue weighted by Gasteiger charge is -2.17. The van der Waals surface area contributed by atoms with E-state index in [0.29, 0.717) is 22.5 Å². The maximum Gasteiger partial charge on any atom is 0.246 e. The molecule has 10 heteroatoms. The number of aryl methyl sites for hydroxylation is 1. The Hall–Kier alpha value is -3.56. The van der Waals surface area contributed by atoms with E-state index >= 15 is 0 Å². The first-order valence-corrected chi connectivity index (χ1v) is 9.57. The molecule has 10 nitrogen and oxygen atoms in total. The lowest BCUT2D eigenvalue weighted by atomic mass is 10.3. The van der Waals surface area contributed by atoms with Gasteiger partial charge in [0.1, 0.15) is 24.2 Å². The normalized spacial score (nSPS) is 13.9. The SMILES string of the molecule is Cc1cc(NC(=O)Cn2ncc3ncc(N(C)CC4CC4)nc32)cc2ncnn12. The lowest BCUT2D eigenvalue weighted by Crippen LogP contribution is -2.22. The van der Waals surface area contributed by atoms with E-state index in [0.717, 1.165) is 24.0 Å². The minimum atomic E-state index is -0.197. The van der Waals surface area contributed by atoms with Gasteiger partial charge in [-0.15, -0.1) is 0 Å². The van der Waals surface area contributed by atoms with Gasteiger partial charge >= 0.3 is 0 Å². The Morgan fingerprint density at radius 2 is 2.10 bits per heavy atom. The van der Waals surface area contributed by atoms with Crippen LogP contribution >= 0.6 is 0 Å². The zero-order valence-corrected chi connectivity index (χ0v) is 16.3. The van der Waals surface area contributed by atoms with Gasteiger partial charge in [-0.25, -0.2) is 24.1 Å². The molecule has 1 saturated carbocycles. The molecule has 1 fully saturated rings. The molecule has 0 spiro atoms. The highest BCUT2D eigenvalue weighted by molar-refractivity contribution is 5.91. The van der Waals surface area contributed by atoms with Crippen LogP contribution in [0.15, 0.2) is 30.9 Å². The summed E-state index contributed by atoms with van der Waals surface area (Å²) in [6.45, 7) is 2.93. The summed E-state index contributed by atoms with van der Waals surface area (Å²) < 4.78 is 3.29. The Kier molecular flexibility index (Phi) is 4.11. The molecule has 5 rings (SSSR count). The Balaban J connectivity index is 1.35. The van der Waals surface area contributed by atoms with Crippen LogP contribution in [0.2, 0.25) is 0 Å². The van der Waals surface area contributed by atoms with Crippen molar-refractivity contribution in [3.63, 3.8) is 0 Å². The summed E-state index contributed by atoms with van der Waals surface area (Å²) in [5.41, 5.74) is 3.50. The number of carbonyl (C=O) groups excluding carboxylic acids is 1. The van der Waals surface area contributed by atoms with Crippen molar-refractivity contribution in [2.24, 2.45) is 5.92 Å². The molecule has 148 valence electrons. The molecule has 0 atom stereocenters. The van der Waals surface area contributed by atoms with Gasteiger partial charge in [-0.3, -0.25) is 4.79 Å². The van der Waals surface area contributed by atoms with Crippen molar-refractivity contribution in [3.05, 3.63) is 36.5 Å². The first-order chi connectivity index (χ1) is 14.1. The van der Waals surface area contributed by atoms with Crippen molar-refractivity contribution in [2.75, 3.05) is 23.8 Å². The third-order valence-corrected chi connectivity index (χ3v) is 5.09. The molecule has 0 bridgehead atoms. The Labute approximate surface area is 166 Å². The van der Waals surface area contributed by atoms with Gasteiger partial charge in [-0.05, 0) is 31.7 Å². The molecule has 4 aromatic rings. The predicted molar refractivity (Wildman–Crippen MR) is 108 cm³/mol. The molecule has 0 aromatic carbocycles. The number of fused-ring (bicyclic) bond motifs is 2. The van der Waals surface area contributed by atoms with E-state index in [9.17, 15) is 4.79 Å². The second kappa shape index (κ2) is 6.80. The monoisotopic (exact) mass is 391 g/mol.